The Balaban J connectivity index is 1.41. The number of carbonyl (C=O) groups is 2. The number of benzene rings is 1. The summed E-state index contributed by atoms with van der Waals surface area (Å²) in [6.07, 6.45) is 8.51. The molecule has 1 aromatic rings. The molecule has 47 heavy (non-hydrogen) atoms. The number of aliphatic hydroxyl groups excluding tert-OH is 2. The molecule has 0 radical (unpaired) electrons. The van der Waals surface area contributed by atoms with E-state index in [-0.39, 0.29) is 5.57 Å². The lowest BCUT2D eigenvalue weighted by Gasteiger charge is -2.61. The minimum atomic E-state index is -2.41. The standard InChI is InChI=1S/C37H44O10/c1-6-7-8-9-10-11-15-18-34-45-30-26-29-33(20-38,44-29)32(41)35(42)25(19-22(4)27(35)39)37(26,47-34)23(5)28(36(30,46-34)21(2)3)43-31(40)24-16-13-12-14-17-24/h10-19,23,25-26,28-30,32,38,41-42H,2,6-9,20H2,1,3-5H3/b11-10+,18-15+/t23-,25+,26+,28+,29+,30-,32-,33+,34-,35-,36+,37+/m1/s1. The number of hydrogen-bond donors (Lipinski definition) is 3. The van der Waals surface area contributed by atoms with Gasteiger partial charge in [-0.05, 0) is 50.0 Å². The van der Waals surface area contributed by atoms with Crippen molar-refractivity contribution in [2.24, 2.45) is 17.8 Å². The van der Waals surface area contributed by atoms with Crippen LogP contribution in [0.1, 0.15) is 63.7 Å². The summed E-state index contributed by atoms with van der Waals surface area (Å²) in [5.74, 6) is -5.81. The lowest BCUT2D eigenvalue weighted by atomic mass is 9.53. The van der Waals surface area contributed by atoms with Gasteiger partial charge in [-0.15, -0.1) is 0 Å². The first kappa shape index (κ1) is 32.6. The van der Waals surface area contributed by atoms with E-state index >= 15 is 0 Å². The van der Waals surface area contributed by atoms with Gasteiger partial charge in [-0.3, -0.25) is 4.79 Å². The van der Waals surface area contributed by atoms with Crippen LogP contribution in [0.2, 0.25) is 0 Å². The van der Waals surface area contributed by atoms with Crippen molar-refractivity contribution in [3.05, 3.63) is 84.0 Å². The van der Waals surface area contributed by atoms with E-state index in [1.54, 1.807) is 62.4 Å². The third-order valence-corrected chi connectivity index (χ3v) is 11.5. The quantitative estimate of drug-likeness (QED) is 0.113. The van der Waals surface area contributed by atoms with Gasteiger partial charge < -0.3 is 39.0 Å². The maximum Gasteiger partial charge on any atom is 0.338 e. The summed E-state index contributed by atoms with van der Waals surface area (Å²) in [6.45, 7) is 11.0. The number of Topliss-reactive ketones (excluding diaryl/α,β-unsaturated/α-hetero) is 1. The Morgan fingerprint density at radius 3 is 2.53 bits per heavy atom. The molecule has 0 aromatic heterocycles. The van der Waals surface area contributed by atoms with E-state index in [2.05, 4.69) is 13.5 Å². The van der Waals surface area contributed by atoms with Crippen molar-refractivity contribution in [1.29, 1.82) is 0 Å². The zero-order chi connectivity index (χ0) is 33.6. The Bertz CT molecular complexity index is 1570. The van der Waals surface area contributed by atoms with Gasteiger partial charge in [0, 0.05) is 23.8 Å². The Morgan fingerprint density at radius 2 is 1.85 bits per heavy atom. The molecule has 6 aliphatic rings. The van der Waals surface area contributed by atoms with Gasteiger partial charge in [-0.25, -0.2) is 4.79 Å². The molecule has 2 saturated carbocycles. The number of fused-ring (bicyclic) bond motifs is 3. The highest BCUT2D eigenvalue weighted by atomic mass is 16.9. The van der Waals surface area contributed by atoms with Crippen molar-refractivity contribution in [3.8, 4) is 0 Å². The molecule has 3 bridgehead atoms. The van der Waals surface area contributed by atoms with Gasteiger partial charge in [-0.2, -0.15) is 0 Å². The van der Waals surface area contributed by atoms with E-state index in [9.17, 15) is 24.9 Å². The molecule has 0 amide bonds. The minimum absolute atomic E-state index is 0.238. The van der Waals surface area contributed by atoms with Crippen LogP contribution in [-0.2, 0) is 28.5 Å². The SMILES string of the molecule is C=C(C)[C@@]12O[C@@]3(/C=C/C=C/CCCCC)O[C@@H]1[C@@H]1[C@@H]4O[C@]4(CO)[C@@H](O)[C@]4(O)C(=O)C(C)=C[C@@H]4[C@@]1(O3)[C@H](C)[C@@H]2OC(=O)c1ccccc1. The predicted octanol–water partition coefficient (Wildman–Crippen LogP) is 3.70. The molecule has 7 rings (SSSR count). The van der Waals surface area contributed by atoms with Crippen molar-refractivity contribution in [3.63, 3.8) is 0 Å². The van der Waals surface area contributed by atoms with Crippen LogP contribution in [0, 0.1) is 17.8 Å². The first-order chi connectivity index (χ1) is 22.4. The van der Waals surface area contributed by atoms with Crippen molar-refractivity contribution in [2.45, 2.75) is 106 Å². The Hall–Kier alpha value is -2.96. The number of aliphatic hydroxyl groups is 3. The molecule has 3 heterocycles. The van der Waals surface area contributed by atoms with E-state index < -0.39 is 88.9 Å². The molecule has 12 atom stereocenters. The number of rotatable bonds is 10. The summed E-state index contributed by atoms with van der Waals surface area (Å²) >= 11 is 0. The molecule has 3 N–H and O–H groups in total. The van der Waals surface area contributed by atoms with Gasteiger partial charge in [0.25, 0.3) is 0 Å². The van der Waals surface area contributed by atoms with Crippen LogP contribution in [0.25, 0.3) is 0 Å². The van der Waals surface area contributed by atoms with Crippen LogP contribution in [-0.4, -0.2) is 86.5 Å². The van der Waals surface area contributed by atoms with Crippen molar-refractivity contribution < 1.29 is 48.6 Å². The van der Waals surface area contributed by atoms with E-state index in [0.717, 1.165) is 25.7 Å². The van der Waals surface area contributed by atoms with Gasteiger partial charge >= 0.3 is 11.9 Å². The molecule has 0 spiro atoms. The molecular weight excluding hydrogens is 604 g/mol. The summed E-state index contributed by atoms with van der Waals surface area (Å²) in [5.41, 5.74) is -6.01. The molecule has 3 saturated heterocycles. The van der Waals surface area contributed by atoms with Crippen LogP contribution < -0.4 is 0 Å². The fourth-order valence-corrected chi connectivity index (χ4v) is 9.24. The Labute approximate surface area is 274 Å². The molecule has 0 unspecified atom stereocenters. The molecule has 1 aromatic carbocycles. The number of hydrogen-bond acceptors (Lipinski definition) is 10. The average molecular weight is 649 g/mol. The lowest BCUT2D eigenvalue weighted by molar-refractivity contribution is -0.407. The summed E-state index contributed by atoms with van der Waals surface area (Å²) in [4.78, 5) is 27.6. The Morgan fingerprint density at radius 1 is 1.11 bits per heavy atom. The third-order valence-electron chi connectivity index (χ3n) is 11.5. The van der Waals surface area contributed by atoms with Crippen molar-refractivity contribution in [2.75, 3.05) is 6.61 Å². The lowest BCUT2D eigenvalue weighted by Crippen LogP contribution is -2.76. The van der Waals surface area contributed by atoms with Gasteiger partial charge in [-0.1, -0.05) is 75.8 Å². The number of unbranched alkanes of at least 4 members (excludes halogenated alkanes) is 3. The zero-order valence-corrected chi connectivity index (χ0v) is 27.3. The number of ether oxygens (including phenoxy) is 5. The summed E-state index contributed by atoms with van der Waals surface area (Å²) in [6, 6.07) is 8.57. The van der Waals surface area contributed by atoms with Crippen LogP contribution in [0.5, 0.6) is 0 Å². The van der Waals surface area contributed by atoms with E-state index in [1.165, 1.54) is 0 Å². The normalized spacial score (nSPS) is 45.8. The first-order valence-electron chi connectivity index (χ1n) is 16.7. The summed E-state index contributed by atoms with van der Waals surface area (Å²) in [5, 5.41) is 34.9. The van der Waals surface area contributed by atoms with Gasteiger partial charge in [0.1, 0.15) is 30.0 Å². The summed E-state index contributed by atoms with van der Waals surface area (Å²) < 4.78 is 33.2. The van der Waals surface area contributed by atoms with E-state index in [4.69, 9.17) is 23.7 Å². The third kappa shape index (κ3) is 4.16. The zero-order valence-electron chi connectivity index (χ0n) is 27.3. The molecule has 3 aliphatic heterocycles. The highest BCUT2D eigenvalue weighted by molar-refractivity contribution is 6.05. The average Bonchev–Trinajstić information content (AvgIpc) is 3.69. The molecular formula is C37H44O10. The number of esters is 1. The van der Waals surface area contributed by atoms with Gasteiger partial charge in [0.05, 0.1) is 17.8 Å². The van der Waals surface area contributed by atoms with E-state index in [0.29, 0.717) is 11.1 Å². The van der Waals surface area contributed by atoms with Crippen LogP contribution in [0.4, 0.5) is 0 Å². The molecule has 10 heteroatoms. The molecule has 5 fully saturated rings. The summed E-state index contributed by atoms with van der Waals surface area (Å²) in [7, 11) is 0. The van der Waals surface area contributed by atoms with Crippen LogP contribution >= 0.6 is 0 Å². The van der Waals surface area contributed by atoms with E-state index in [1.807, 2.05) is 19.1 Å². The number of epoxide rings is 1. The van der Waals surface area contributed by atoms with Crippen molar-refractivity contribution >= 4 is 11.8 Å². The fourth-order valence-electron chi connectivity index (χ4n) is 9.24. The highest BCUT2D eigenvalue weighted by Crippen LogP contribution is 2.73. The number of ketones is 1. The smallest absolute Gasteiger partial charge is 0.338 e. The second-order valence-corrected chi connectivity index (χ2v) is 14.1. The highest BCUT2D eigenvalue weighted by Gasteiger charge is 2.90. The van der Waals surface area contributed by atoms with Crippen LogP contribution in [0.3, 0.4) is 0 Å². The van der Waals surface area contributed by atoms with Gasteiger partial charge in [0.2, 0.25) is 0 Å². The largest absolute Gasteiger partial charge is 0.455 e. The second kappa shape index (κ2) is 11.0. The predicted molar refractivity (Wildman–Crippen MR) is 169 cm³/mol. The minimum Gasteiger partial charge on any atom is -0.455 e. The van der Waals surface area contributed by atoms with Gasteiger partial charge in [0.15, 0.2) is 17.0 Å². The monoisotopic (exact) mass is 648 g/mol. The molecule has 3 aliphatic carbocycles. The number of allylic oxidation sites excluding steroid dienone is 3. The van der Waals surface area contributed by atoms with Crippen molar-refractivity contribution in [1.82, 2.24) is 0 Å². The number of carbonyl (C=O) groups excluding carboxylic acids is 2. The Kier molecular flexibility index (Phi) is 7.65. The molecule has 252 valence electrons. The molecule has 10 nitrogen and oxygen atoms in total. The first-order valence-corrected chi connectivity index (χ1v) is 16.7. The topological polar surface area (TPSA) is 144 Å². The fraction of sp³-hybridized carbons (Fsp3) is 0.568. The maximum atomic E-state index is 13.8. The van der Waals surface area contributed by atoms with Crippen LogP contribution in [0.15, 0.2) is 78.4 Å². The second-order valence-electron chi connectivity index (χ2n) is 14.1. The maximum absolute atomic E-state index is 13.8.